The average Bonchev–Trinajstić information content (AvgIpc) is 2.99. The predicted molar refractivity (Wildman–Crippen MR) is 167 cm³/mol. The van der Waals surface area contributed by atoms with Crippen LogP contribution in [0, 0.1) is 47.3 Å². The van der Waals surface area contributed by atoms with Gasteiger partial charge in [-0.05, 0) is 130 Å². The van der Waals surface area contributed by atoms with Crippen LogP contribution in [0.2, 0.25) is 0 Å². The maximum atomic E-state index is 11.5. The van der Waals surface area contributed by atoms with Gasteiger partial charge >= 0.3 is 0 Å². The lowest BCUT2D eigenvalue weighted by Gasteiger charge is -2.41. The fraction of sp³-hybridized carbons (Fsp3) is 0.789. The summed E-state index contributed by atoms with van der Waals surface area (Å²) in [6, 6.07) is 8.31. The van der Waals surface area contributed by atoms with Crippen molar-refractivity contribution in [3.8, 4) is 11.8 Å². The van der Waals surface area contributed by atoms with Gasteiger partial charge in [0.1, 0.15) is 5.60 Å². The molecule has 1 aromatic carbocycles. The first kappa shape index (κ1) is 30.2. The van der Waals surface area contributed by atoms with Crippen LogP contribution in [0.15, 0.2) is 24.3 Å². The van der Waals surface area contributed by atoms with Gasteiger partial charge in [0, 0.05) is 5.56 Å². The van der Waals surface area contributed by atoms with E-state index in [2.05, 4.69) is 50.0 Å². The van der Waals surface area contributed by atoms with Crippen LogP contribution in [0.4, 0.5) is 0 Å². The van der Waals surface area contributed by atoms with Crippen molar-refractivity contribution < 1.29 is 10.2 Å². The van der Waals surface area contributed by atoms with Crippen LogP contribution in [0.3, 0.4) is 0 Å². The summed E-state index contributed by atoms with van der Waals surface area (Å²) < 4.78 is 0. The number of hydrogen-bond donors (Lipinski definition) is 2. The fourth-order valence-electron chi connectivity index (χ4n) is 9.36. The van der Waals surface area contributed by atoms with Crippen molar-refractivity contribution in [2.24, 2.45) is 35.5 Å². The molecule has 4 saturated carbocycles. The van der Waals surface area contributed by atoms with Gasteiger partial charge in [-0.15, -0.1) is 0 Å². The van der Waals surface area contributed by atoms with Crippen LogP contribution in [-0.2, 0) is 5.60 Å². The number of rotatable bonds is 7. The van der Waals surface area contributed by atoms with Gasteiger partial charge in [0.05, 0.1) is 5.60 Å². The highest BCUT2D eigenvalue weighted by atomic mass is 16.3. The number of benzene rings is 1. The molecular formula is C38H58O2. The second-order valence-corrected chi connectivity index (χ2v) is 14.7. The third-order valence-corrected chi connectivity index (χ3v) is 12.1. The molecule has 0 radical (unpaired) electrons. The second-order valence-electron chi connectivity index (χ2n) is 14.7. The molecule has 0 aromatic heterocycles. The highest BCUT2D eigenvalue weighted by Gasteiger charge is 2.39. The van der Waals surface area contributed by atoms with Gasteiger partial charge < -0.3 is 10.2 Å². The van der Waals surface area contributed by atoms with Crippen LogP contribution in [-0.4, -0.2) is 15.8 Å². The first-order valence-corrected chi connectivity index (χ1v) is 17.5. The second kappa shape index (κ2) is 13.8. The van der Waals surface area contributed by atoms with Crippen LogP contribution in [0.1, 0.15) is 153 Å². The molecule has 2 heteroatoms. The van der Waals surface area contributed by atoms with Crippen LogP contribution < -0.4 is 0 Å². The minimum atomic E-state index is -0.832. The first-order chi connectivity index (χ1) is 19.4. The largest absolute Gasteiger partial charge is 0.385 e. The van der Waals surface area contributed by atoms with E-state index in [1.807, 2.05) is 0 Å². The Morgan fingerprint density at radius 2 is 1.02 bits per heavy atom. The van der Waals surface area contributed by atoms with Gasteiger partial charge in [-0.1, -0.05) is 89.2 Å². The Morgan fingerprint density at radius 3 is 1.48 bits per heavy atom. The van der Waals surface area contributed by atoms with Crippen molar-refractivity contribution in [1.29, 1.82) is 0 Å². The van der Waals surface area contributed by atoms with Gasteiger partial charge in [-0.3, -0.25) is 0 Å². The lowest BCUT2D eigenvalue weighted by Crippen LogP contribution is -2.35. The first-order valence-electron chi connectivity index (χ1n) is 17.5. The van der Waals surface area contributed by atoms with Gasteiger partial charge in [0.15, 0.2) is 0 Å². The lowest BCUT2D eigenvalue weighted by atomic mass is 9.66. The SMILES string of the molecule is CCCC1CCC(C2CCC(O)(C#Cc3ccc(C4(O)CCC(C5CCC(CCC)CC5)CC4)cc3)CC2)CC1. The molecule has 4 fully saturated rings. The summed E-state index contributed by atoms with van der Waals surface area (Å²) in [6.07, 6.45) is 24.8. The maximum absolute atomic E-state index is 11.5. The van der Waals surface area contributed by atoms with E-state index in [1.165, 1.54) is 77.0 Å². The Kier molecular flexibility index (Phi) is 10.4. The minimum Gasteiger partial charge on any atom is -0.385 e. The van der Waals surface area contributed by atoms with E-state index in [0.717, 1.165) is 98.0 Å². The third kappa shape index (κ3) is 7.55. The summed E-state index contributed by atoms with van der Waals surface area (Å²) in [6.45, 7) is 4.64. The molecule has 2 nitrogen and oxygen atoms in total. The van der Waals surface area contributed by atoms with Crippen molar-refractivity contribution in [3.63, 3.8) is 0 Å². The van der Waals surface area contributed by atoms with Crippen molar-refractivity contribution in [2.45, 2.75) is 153 Å². The highest BCUT2D eigenvalue weighted by Crippen LogP contribution is 2.46. The van der Waals surface area contributed by atoms with Gasteiger partial charge in [-0.25, -0.2) is 0 Å². The van der Waals surface area contributed by atoms with E-state index >= 15 is 0 Å². The molecule has 0 heterocycles. The molecule has 40 heavy (non-hydrogen) atoms. The molecule has 0 bridgehead atoms. The van der Waals surface area contributed by atoms with Crippen LogP contribution >= 0.6 is 0 Å². The quantitative estimate of drug-likeness (QED) is 0.334. The van der Waals surface area contributed by atoms with Crippen LogP contribution in [0.25, 0.3) is 0 Å². The monoisotopic (exact) mass is 546 g/mol. The van der Waals surface area contributed by atoms with Gasteiger partial charge in [-0.2, -0.15) is 0 Å². The molecule has 0 spiro atoms. The number of hydrogen-bond acceptors (Lipinski definition) is 2. The molecule has 0 atom stereocenters. The topological polar surface area (TPSA) is 40.5 Å². The molecule has 4 aliphatic carbocycles. The van der Waals surface area contributed by atoms with Crippen molar-refractivity contribution in [2.75, 3.05) is 0 Å². The summed E-state index contributed by atoms with van der Waals surface area (Å²) in [5.74, 6) is 11.9. The van der Waals surface area contributed by atoms with E-state index in [9.17, 15) is 10.2 Å². The average molecular weight is 547 g/mol. The summed E-state index contributed by atoms with van der Waals surface area (Å²) in [7, 11) is 0. The fourth-order valence-corrected chi connectivity index (χ4v) is 9.36. The molecular weight excluding hydrogens is 488 g/mol. The Morgan fingerprint density at radius 1 is 0.600 bits per heavy atom. The number of aliphatic hydroxyl groups is 2. The normalized spacial score (nSPS) is 38.8. The molecule has 0 aliphatic heterocycles. The zero-order valence-electron chi connectivity index (χ0n) is 25.8. The van der Waals surface area contributed by atoms with E-state index < -0.39 is 11.2 Å². The summed E-state index contributed by atoms with van der Waals surface area (Å²) >= 11 is 0. The molecule has 0 amide bonds. The Balaban J connectivity index is 1.08. The summed E-state index contributed by atoms with van der Waals surface area (Å²) in [5, 5.41) is 22.8. The van der Waals surface area contributed by atoms with Gasteiger partial charge in [0.2, 0.25) is 0 Å². The minimum absolute atomic E-state index is 0.686. The molecule has 1 aromatic rings. The third-order valence-electron chi connectivity index (χ3n) is 12.1. The smallest absolute Gasteiger partial charge is 0.125 e. The zero-order valence-corrected chi connectivity index (χ0v) is 25.8. The van der Waals surface area contributed by atoms with E-state index in [0.29, 0.717) is 0 Å². The van der Waals surface area contributed by atoms with Crippen molar-refractivity contribution in [3.05, 3.63) is 35.4 Å². The molecule has 4 aliphatic rings. The molecule has 0 saturated heterocycles. The summed E-state index contributed by atoms with van der Waals surface area (Å²) in [4.78, 5) is 0. The zero-order chi connectivity index (χ0) is 28.0. The Labute approximate surface area is 246 Å². The molecule has 5 rings (SSSR count). The van der Waals surface area contributed by atoms with Crippen LogP contribution in [0.5, 0.6) is 0 Å². The Bertz CT molecular complexity index is 951. The highest BCUT2D eigenvalue weighted by molar-refractivity contribution is 5.39. The maximum Gasteiger partial charge on any atom is 0.125 e. The van der Waals surface area contributed by atoms with E-state index in [1.54, 1.807) is 0 Å². The molecule has 222 valence electrons. The van der Waals surface area contributed by atoms with Gasteiger partial charge in [0.25, 0.3) is 0 Å². The van der Waals surface area contributed by atoms with Crippen molar-refractivity contribution >= 4 is 0 Å². The standard InChI is InChI=1S/C38H58O2/c1-3-5-29-7-13-32(14-8-29)34-20-25-37(39,26-21-34)24-19-31-11-17-36(18-12-31)38(40)27-22-35(23-28-38)33-15-9-30(6-4-2)10-16-33/h11-12,17-18,29-30,32-35,39-40H,3-10,13-16,20-23,25-28H2,1-2H3. The van der Waals surface area contributed by atoms with E-state index in [-0.39, 0.29) is 0 Å². The Hall–Kier alpha value is -1.30. The predicted octanol–water partition coefficient (Wildman–Crippen LogP) is 9.55. The molecule has 0 unspecified atom stereocenters. The van der Waals surface area contributed by atoms with Crippen molar-refractivity contribution in [1.82, 2.24) is 0 Å². The summed E-state index contributed by atoms with van der Waals surface area (Å²) in [5.41, 5.74) is 0.486. The van der Waals surface area contributed by atoms with E-state index in [4.69, 9.17) is 0 Å². The molecule has 2 N–H and O–H groups in total. The lowest BCUT2D eigenvalue weighted by molar-refractivity contribution is -0.0260.